The molecular formula is C19H22F2N10O8P2S. The maximum Gasteiger partial charge on any atom is 0.280 e. The minimum absolute atomic E-state index is 0.0125. The number of hydrogen-bond donors (Lipinski definition) is 4. The highest BCUT2D eigenvalue weighted by atomic mass is 32.1. The van der Waals surface area contributed by atoms with Gasteiger partial charge in [-0.3, -0.25) is 19.1 Å². The highest BCUT2D eigenvalue weighted by Crippen LogP contribution is 2.41. The molecule has 0 aliphatic carbocycles. The molecule has 2 saturated heterocycles. The van der Waals surface area contributed by atoms with Gasteiger partial charge < -0.3 is 37.9 Å². The SMILES string of the molecule is Nc1nc2c(ncn2[C@@H]2OC(OPOC[C@H]3[C@H](F)[C@H](n4nnc5c(=O)[nH]cnc54)O[C@@H]3COP)[C@H](F)[C@H]2OS)c(=O)[nH]1. The smallest absolute Gasteiger partial charge is 0.280 e. The van der Waals surface area contributed by atoms with Crippen molar-refractivity contribution in [3.05, 3.63) is 33.4 Å². The highest BCUT2D eigenvalue weighted by Gasteiger charge is 2.50. The second-order valence-corrected chi connectivity index (χ2v) is 10.4. The number of rotatable bonds is 10. The van der Waals surface area contributed by atoms with E-state index in [1.807, 2.05) is 0 Å². The van der Waals surface area contributed by atoms with Crippen molar-refractivity contribution < 1.29 is 36.0 Å². The van der Waals surface area contributed by atoms with E-state index in [2.05, 4.69) is 57.6 Å². The number of hydrogen-bond acceptors (Lipinski definition) is 15. The van der Waals surface area contributed by atoms with Crippen LogP contribution in [0.15, 0.2) is 22.2 Å². The van der Waals surface area contributed by atoms with Crippen molar-refractivity contribution in [1.82, 2.24) is 44.5 Å². The molecule has 0 radical (unpaired) electrons. The average molecular weight is 650 g/mol. The second kappa shape index (κ2) is 12.1. The van der Waals surface area contributed by atoms with Crippen LogP contribution in [0.3, 0.4) is 0 Å². The third-order valence-corrected chi connectivity index (χ3v) is 7.77. The first-order valence-electron chi connectivity index (χ1n) is 12.1. The summed E-state index contributed by atoms with van der Waals surface area (Å²) in [6, 6.07) is 0. The molecule has 0 saturated carbocycles. The van der Waals surface area contributed by atoms with Crippen molar-refractivity contribution in [3.8, 4) is 0 Å². The first-order valence-corrected chi connectivity index (χ1v) is 13.7. The van der Waals surface area contributed by atoms with Crippen LogP contribution >= 0.6 is 31.4 Å². The molecule has 2 aliphatic rings. The first kappa shape index (κ1) is 29.3. The molecule has 18 nitrogen and oxygen atoms in total. The van der Waals surface area contributed by atoms with E-state index in [-0.39, 0.29) is 41.5 Å². The molecule has 4 aromatic rings. The largest absolute Gasteiger partial charge is 0.369 e. The lowest BCUT2D eigenvalue weighted by Crippen LogP contribution is -2.30. The maximum atomic E-state index is 15.6. The summed E-state index contributed by atoms with van der Waals surface area (Å²) in [5.74, 6) is -1.04. The lowest BCUT2D eigenvalue weighted by Gasteiger charge is -2.19. The number of halogens is 2. The van der Waals surface area contributed by atoms with Crippen LogP contribution < -0.4 is 16.9 Å². The molecule has 4 N–H and O–H groups in total. The number of aromatic nitrogens is 9. The van der Waals surface area contributed by atoms with Gasteiger partial charge in [0.15, 0.2) is 68.6 Å². The number of nitrogens with one attached hydrogen (secondary N) is 2. The molecular weight excluding hydrogens is 628 g/mol. The van der Waals surface area contributed by atoms with E-state index >= 15 is 8.78 Å². The van der Waals surface area contributed by atoms with Crippen LogP contribution in [-0.2, 0) is 27.2 Å². The summed E-state index contributed by atoms with van der Waals surface area (Å²) in [5.41, 5.74) is 4.47. The molecule has 0 aromatic carbocycles. The first-order chi connectivity index (χ1) is 20.3. The monoisotopic (exact) mass is 650 g/mol. The molecule has 4 aromatic heterocycles. The van der Waals surface area contributed by atoms with Gasteiger partial charge in [0, 0.05) is 15.4 Å². The topological polar surface area (TPSA) is 221 Å². The number of ether oxygens (including phenoxy) is 2. The minimum Gasteiger partial charge on any atom is -0.369 e. The standard InChI is InChI=1S/C19H22F2N10O8P2S/c20-7-5(6(2-34-40)36-16(7)31-12-10(28-29-31)14(32)24-3-23-12)1-35-41-38-18-8(21)11(39-42)17(37-18)30-4-25-9-13(30)26-19(22)27-15(9)33/h3-8,11,16-18,41-42H,1-2,40H2,(H,23,24,32)(H3,22,26,27,33)/t5-,6-,7+,8-,11-,16-,17-,18?/m1/s1. The van der Waals surface area contributed by atoms with Crippen LogP contribution in [0, 0.1) is 5.92 Å². The summed E-state index contributed by atoms with van der Waals surface area (Å²) < 4.78 is 65.8. The summed E-state index contributed by atoms with van der Waals surface area (Å²) in [7, 11) is 1.27. The predicted octanol–water partition coefficient (Wildman–Crippen LogP) is -0.147. The summed E-state index contributed by atoms with van der Waals surface area (Å²) in [4.78, 5) is 40.8. The number of anilines is 1. The quantitative estimate of drug-likeness (QED) is 0.0759. The Balaban J connectivity index is 1.11. The predicted molar refractivity (Wildman–Crippen MR) is 144 cm³/mol. The van der Waals surface area contributed by atoms with Crippen LogP contribution in [0.2, 0.25) is 0 Å². The molecule has 23 heteroatoms. The van der Waals surface area contributed by atoms with Gasteiger partial charge in [0.25, 0.3) is 11.1 Å². The van der Waals surface area contributed by atoms with E-state index in [0.29, 0.717) is 0 Å². The zero-order chi connectivity index (χ0) is 29.5. The van der Waals surface area contributed by atoms with Gasteiger partial charge in [0.05, 0.1) is 32.0 Å². The lowest BCUT2D eigenvalue weighted by atomic mass is 10.0. The average Bonchev–Trinajstić information content (AvgIpc) is 3.72. The summed E-state index contributed by atoms with van der Waals surface area (Å²) in [5, 5.41) is 7.60. The van der Waals surface area contributed by atoms with E-state index in [0.717, 1.165) is 11.0 Å². The number of thiol groups is 1. The Hall–Kier alpha value is -2.74. The lowest BCUT2D eigenvalue weighted by molar-refractivity contribution is -0.113. The second-order valence-electron chi connectivity index (χ2n) is 9.14. The van der Waals surface area contributed by atoms with E-state index < -0.39 is 69.4 Å². The molecule has 42 heavy (non-hydrogen) atoms. The van der Waals surface area contributed by atoms with Crippen molar-refractivity contribution in [1.29, 1.82) is 0 Å². The fourth-order valence-electron chi connectivity index (χ4n) is 4.74. The molecule has 226 valence electrons. The Bertz CT molecular complexity index is 1690. The maximum absolute atomic E-state index is 15.6. The van der Waals surface area contributed by atoms with Gasteiger partial charge >= 0.3 is 0 Å². The Morgan fingerprint density at radius 2 is 1.95 bits per heavy atom. The Morgan fingerprint density at radius 1 is 1.12 bits per heavy atom. The fraction of sp³-hybridized carbons (Fsp3) is 0.526. The Morgan fingerprint density at radius 3 is 2.74 bits per heavy atom. The van der Waals surface area contributed by atoms with Crippen molar-refractivity contribution >= 4 is 59.7 Å². The summed E-state index contributed by atoms with van der Waals surface area (Å²) in [6.45, 7) is -0.228. The van der Waals surface area contributed by atoms with E-state index in [4.69, 9.17) is 33.0 Å². The van der Waals surface area contributed by atoms with Crippen LogP contribution in [0.25, 0.3) is 22.3 Å². The summed E-state index contributed by atoms with van der Waals surface area (Å²) in [6.07, 6.45) is -7.14. The number of aromatic amines is 2. The summed E-state index contributed by atoms with van der Waals surface area (Å²) >= 11 is 3.76. The van der Waals surface area contributed by atoms with Crippen LogP contribution in [0.1, 0.15) is 12.5 Å². The number of alkyl halides is 2. The molecule has 2 aliphatic heterocycles. The van der Waals surface area contributed by atoms with Gasteiger partial charge in [0.1, 0.15) is 0 Å². The Kier molecular flexibility index (Phi) is 8.45. The van der Waals surface area contributed by atoms with Crippen molar-refractivity contribution in [2.24, 2.45) is 5.92 Å². The molecule has 6 heterocycles. The molecule has 3 unspecified atom stereocenters. The zero-order valence-electron chi connectivity index (χ0n) is 20.9. The molecule has 6 rings (SSSR count). The zero-order valence-corrected chi connectivity index (χ0v) is 24.0. The van der Waals surface area contributed by atoms with Crippen molar-refractivity contribution in [2.45, 2.75) is 43.3 Å². The van der Waals surface area contributed by atoms with Gasteiger partial charge in [-0.15, -0.1) is 5.10 Å². The number of nitrogen functional groups attached to an aromatic ring is 1. The van der Waals surface area contributed by atoms with Gasteiger partial charge in [0.2, 0.25) is 5.95 Å². The third kappa shape index (κ3) is 5.18. The normalized spacial score (nSPS) is 30.0. The third-order valence-electron chi connectivity index (χ3n) is 6.72. The van der Waals surface area contributed by atoms with Crippen molar-refractivity contribution in [3.63, 3.8) is 0 Å². The number of fused-ring (bicyclic) bond motifs is 2. The number of nitrogens with two attached hydrogens (primary N) is 1. The molecule has 0 bridgehead atoms. The fourth-order valence-corrected chi connectivity index (χ4v) is 5.76. The van der Waals surface area contributed by atoms with E-state index in [1.165, 1.54) is 10.9 Å². The van der Waals surface area contributed by atoms with Gasteiger partial charge in [-0.1, -0.05) is 5.21 Å². The molecule has 0 spiro atoms. The van der Waals surface area contributed by atoms with E-state index in [1.54, 1.807) is 0 Å². The minimum atomic E-state index is -1.84. The highest BCUT2D eigenvalue weighted by molar-refractivity contribution is 7.75. The Labute approximate surface area is 241 Å². The van der Waals surface area contributed by atoms with Crippen LogP contribution in [0.4, 0.5) is 14.7 Å². The number of imidazole rings is 1. The van der Waals surface area contributed by atoms with Gasteiger partial charge in [-0.25, -0.2) is 18.7 Å². The van der Waals surface area contributed by atoms with Crippen LogP contribution in [-0.4, -0.2) is 88.5 Å². The number of nitrogens with zero attached hydrogens (tertiary/aromatic N) is 7. The molecule has 10 atom stereocenters. The molecule has 0 amide bonds. The van der Waals surface area contributed by atoms with Crippen molar-refractivity contribution in [2.75, 3.05) is 18.9 Å². The molecule has 2 fully saturated rings. The van der Waals surface area contributed by atoms with Gasteiger partial charge in [-0.2, -0.15) is 9.67 Å². The van der Waals surface area contributed by atoms with E-state index in [9.17, 15) is 9.59 Å². The van der Waals surface area contributed by atoms with Crippen LogP contribution in [0.5, 0.6) is 0 Å². The van der Waals surface area contributed by atoms with Gasteiger partial charge in [-0.05, 0) is 12.9 Å². The number of H-pyrrole nitrogens is 2.